The summed E-state index contributed by atoms with van der Waals surface area (Å²) in [6, 6.07) is 11.2. The Bertz CT molecular complexity index is 1760. The van der Waals surface area contributed by atoms with Crippen LogP contribution in [0.1, 0.15) is 70.2 Å². The van der Waals surface area contributed by atoms with Gasteiger partial charge in [-0.05, 0) is 108 Å². The predicted molar refractivity (Wildman–Crippen MR) is 184 cm³/mol. The van der Waals surface area contributed by atoms with E-state index in [2.05, 4.69) is 44.8 Å². The monoisotopic (exact) mass is 649 g/mol. The van der Waals surface area contributed by atoms with Crippen LogP contribution in [0.15, 0.2) is 41.3 Å². The highest BCUT2D eigenvalue weighted by atomic mass is 32.2. The maximum Gasteiger partial charge on any atom is 0.231 e. The second-order valence-electron chi connectivity index (χ2n) is 12.5. The minimum absolute atomic E-state index is 0.0354. The topological polar surface area (TPSA) is 134 Å². The van der Waals surface area contributed by atoms with Crippen molar-refractivity contribution in [1.82, 2.24) is 25.1 Å². The normalized spacial score (nSPS) is 14.8. The van der Waals surface area contributed by atoms with Crippen LogP contribution in [0.5, 0.6) is 5.75 Å². The summed E-state index contributed by atoms with van der Waals surface area (Å²) >= 11 is 0. The van der Waals surface area contributed by atoms with Crippen LogP contribution in [0.2, 0.25) is 0 Å². The van der Waals surface area contributed by atoms with Crippen LogP contribution in [0.3, 0.4) is 0 Å². The van der Waals surface area contributed by atoms with E-state index in [1.807, 2.05) is 20.8 Å². The smallest absolute Gasteiger partial charge is 0.231 e. The van der Waals surface area contributed by atoms with Crippen LogP contribution in [0, 0.1) is 6.92 Å². The lowest BCUT2D eigenvalue weighted by molar-refractivity contribution is 0.130. The van der Waals surface area contributed by atoms with Gasteiger partial charge in [0.2, 0.25) is 5.95 Å². The molecule has 46 heavy (non-hydrogen) atoms. The summed E-state index contributed by atoms with van der Waals surface area (Å²) in [5, 5.41) is 14.4. The lowest BCUT2D eigenvalue weighted by Gasteiger charge is -2.33. The number of piperidine rings is 1. The number of benzene rings is 2. The number of nitrogens with one attached hydrogen (secondary N) is 3. The fraction of sp³-hybridized carbons (Fsp3) is 0.500. The molecule has 1 aliphatic heterocycles. The molecule has 12 heteroatoms. The van der Waals surface area contributed by atoms with E-state index in [-0.39, 0.29) is 11.0 Å². The maximum absolute atomic E-state index is 13.2. The molecule has 0 aliphatic carbocycles. The Hall–Kier alpha value is -3.74. The number of methoxy groups -OCH3 is 1. The summed E-state index contributed by atoms with van der Waals surface area (Å²) in [6.07, 6.45) is 2.78. The van der Waals surface area contributed by atoms with Crippen LogP contribution >= 0.6 is 0 Å². The third-order valence-corrected chi connectivity index (χ3v) is 10.7. The van der Waals surface area contributed by atoms with Crippen LogP contribution in [-0.4, -0.2) is 78.2 Å². The summed E-state index contributed by atoms with van der Waals surface area (Å²) in [4.78, 5) is 12.3. The lowest BCUT2D eigenvalue weighted by atomic mass is 9.86. The van der Waals surface area contributed by atoms with Gasteiger partial charge in [0.1, 0.15) is 11.6 Å². The Labute approximate surface area is 272 Å². The zero-order valence-corrected chi connectivity index (χ0v) is 28.8. The average Bonchev–Trinajstić information content (AvgIpc) is 3.45. The number of fused-ring (bicyclic) bond motifs is 1. The van der Waals surface area contributed by atoms with Crippen molar-refractivity contribution >= 4 is 44.0 Å². The average molecular weight is 650 g/mol. The van der Waals surface area contributed by atoms with Crippen molar-refractivity contribution in [2.24, 2.45) is 0 Å². The van der Waals surface area contributed by atoms with Crippen molar-refractivity contribution in [3.8, 4) is 5.75 Å². The molecule has 248 valence electrons. The minimum atomic E-state index is -3.55. The highest BCUT2D eigenvalue weighted by Crippen LogP contribution is 2.39. The zero-order valence-electron chi connectivity index (χ0n) is 28.0. The number of sulfone groups is 1. The number of hydrogen-bond acceptors (Lipinski definition) is 10. The van der Waals surface area contributed by atoms with E-state index in [9.17, 15) is 8.42 Å². The Kier molecular flexibility index (Phi) is 10.5. The Morgan fingerprint density at radius 2 is 1.78 bits per heavy atom. The molecular formula is C34H47N7O4S. The van der Waals surface area contributed by atoms with Gasteiger partial charge in [0.05, 0.1) is 45.3 Å². The SMILES string of the molecule is CCc1n[nH]c2nc(Nc3cc(C)c(C4CCN(CCOC)CC4)cc3OC(C)C)nc(Nc3ccccc3S(=O)(=O)C(C)C)c12. The van der Waals surface area contributed by atoms with Gasteiger partial charge in [-0.2, -0.15) is 15.1 Å². The second-order valence-corrected chi connectivity index (χ2v) is 14.9. The molecular weight excluding hydrogens is 602 g/mol. The summed E-state index contributed by atoms with van der Waals surface area (Å²) in [6.45, 7) is 15.3. The predicted octanol–water partition coefficient (Wildman–Crippen LogP) is 6.51. The summed E-state index contributed by atoms with van der Waals surface area (Å²) < 4.78 is 38.1. The second kappa shape index (κ2) is 14.4. The van der Waals surface area contributed by atoms with Crippen LogP contribution in [0.25, 0.3) is 11.0 Å². The molecule has 0 radical (unpaired) electrons. The first-order valence-corrected chi connectivity index (χ1v) is 17.7. The third kappa shape index (κ3) is 7.29. The third-order valence-electron chi connectivity index (χ3n) is 8.51. The van der Waals surface area contributed by atoms with Crippen LogP contribution in [-0.2, 0) is 21.0 Å². The van der Waals surface area contributed by atoms with Gasteiger partial charge in [-0.15, -0.1) is 0 Å². The van der Waals surface area contributed by atoms with E-state index < -0.39 is 15.1 Å². The molecule has 1 fully saturated rings. The van der Waals surface area contributed by atoms with Gasteiger partial charge in [-0.25, -0.2) is 8.42 Å². The summed E-state index contributed by atoms with van der Waals surface area (Å²) in [5.74, 6) is 1.98. The number of aromatic amines is 1. The molecule has 0 atom stereocenters. The first-order valence-electron chi connectivity index (χ1n) is 16.2. The van der Waals surface area contributed by atoms with Gasteiger partial charge < -0.3 is 25.0 Å². The number of anilines is 4. The minimum Gasteiger partial charge on any atom is -0.489 e. The van der Waals surface area contributed by atoms with E-state index in [1.54, 1.807) is 45.2 Å². The molecule has 0 amide bonds. The zero-order chi connectivity index (χ0) is 33.0. The molecule has 0 saturated carbocycles. The molecule has 0 unspecified atom stereocenters. The number of para-hydroxylation sites is 1. The number of nitrogens with zero attached hydrogens (tertiary/aromatic N) is 4. The number of ether oxygens (including phenoxy) is 2. The van der Waals surface area contributed by atoms with Crippen LogP contribution < -0.4 is 15.4 Å². The van der Waals surface area contributed by atoms with Crippen LogP contribution in [0.4, 0.5) is 23.1 Å². The Morgan fingerprint density at radius 1 is 1.04 bits per heavy atom. The molecule has 5 rings (SSSR count). The number of likely N-dealkylation sites (tertiary alicyclic amines) is 1. The Balaban J connectivity index is 1.50. The van der Waals surface area contributed by atoms with E-state index in [1.165, 1.54) is 11.1 Å². The standard InChI is InChI=1S/C34H47N7O4S/c1-8-26-31-32(35-27-11-9-10-12-30(27)46(42,43)22(4)5)37-34(38-33(31)40-39-26)36-28-19-23(6)25(20-29(28)45-21(2)3)24-13-15-41(16-14-24)17-18-44-7/h9-12,19-22,24H,8,13-18H2,1-7H3,(H3,35,36,37,38,39,40). The van der Waals surface area contributed by atoms with Crippen molar-refractivity contribution in [2.75, 3.05) is 44.0 Å². The summed E-state index contributed by atoms with van der Waals surface area (Å²) in [5.41, 5.74) is 5.01. The van der Waals surface area contributed by atoms with E-state index in [4.69, 9.17) is 19.4 Å². The number of H-pyrrole nitrogens is 1. The molecule has 0 spiro atoms. The van der Waals surface area contributed by atoms with E-state index in [0.29, 0.717) is 40.8 Å². The molecule has 11 nitrogen and oxygen atoms in total. The molecule has 2 aromatic carbocycles. The van der Waals surface area contributed by atoms with Gasteiger partial charge >= 0.3 is 0 Å². The number of hydrogen-bond donors (Lipinski definition) is 3. The van der Waals surface area contributed by atoms with Gasteiger partial charge in [-0.3, -0.25) is 5.10 Å². The molecule has 4 aromatic rings. The fourth-order valence-electron chi connectivity index (χ4n) is 5.99. The highest BCUT2D eigenvalue weighted by molar-refractivity contribution is 7.92. The first-order chi connectivity index (χ1) is 22.0. The number of aromatic nitrogens is 4. The van der Waals surface area contributed by atoms with Gasteiger partial charge in [-0.1, -0.05) is 19.1 Å². The van der Waals surface area contributed by atoms with Crippen molar-refractivity contribution < 1.29 is 17.9 Å². The maximum atomic E-state index is 13.2. The van der Waals surface area contributed by atoms with E-state index in [0.717, 1.165) is 56.2 Å². The Morgan fingerprint density at radius 3 is 2.46 bits per heavy atom. The number of aryl methyl sites for hydroxylation is 2. The molecule has 3 N–H and O–H groups in total. The van der Waals surface area contributed by atoms with Crippen molar-refractivity contribution in [1.29, 1.82) is 0 Å². The lowest BCUT2D eigenvalue weighted by Crippen LogP contribution is -2.35. The van der Waals surface area contributed by atoms with Crippen molar-refractivity contribution in [2.45, 2.75) is 83.0 Å². The van der Waals surface area contributed by atoms with Gasteiger partial charge in [0.25, 0.3) is 0 Å². The van der Waals surface area contributed by atoms with Gasteiger partial charge in [0.15, 0.2) is 15.5 Å². The fourth-order valence-corrected chi connectivity index (χ4v) is 7.20. The largest absolute Gasteiger partial charge is 0.489 e. The van der Waals surface area contributed by atoms with Crippen molar-refractivity contribution in [3.63, 3.8) is 0 Å². The first kappa shape index (κ1) is 33.6. The molecule has 3 heterocycles. The van der Waals surface area contributed by atoms with Gasteiger partial charge in [0, 0.05) is 13.7 Å². The van der Waals surface area contributed by atoms with E-state index >= 15 is 0 Å². The number of rotatable bonds is 13. The highest BCUT2D eigenvalue weighted by Gasteiger charge is 2.26. The molecule has 1 saturated heterocycles. The summed E-state index contributed by atoms with van der Waals surface area (Å²) in [7, 11) is -1.81. The van der Waals surface area contributed by atoms with Crippen molar-refractivity contribution in [3.05, 3.63) is 53.2 Å². The molecule has 2 aromatic heterocycles. The quantitative estimate of drug-likeness (QED) is 0.147. The molecule has 0 bridgehead atoms. The molecule has 1 aliphatic rings.